The molecular formula is C16H29N3O. The summed E-state index contributed by atoms with van der Waals surface area (Å²) in [5.74, 6) is 1.01. The molecule has 1 atom stereocenters. The van der Waals surface area contributed by atoms with Crippen LogP contribution in [0.1, 0.15) is 52.3 Å². The van der Waals surface area contributed by atoms with Crippen molar-refractivity contribution < 1.29 is 5.11 Å². The van der Waals surface area contributed by atoms with E-state index in [1.807, 2.05) is 12.4 Å². The highest BCUT2D eigenvalue weighted by Crippen LogP contribution is 2.39. The summed E-state index contributed by atoms with van der Waals surface area (Å²) in [5, 5.41) is 10.9. The molecule has 0 aromatic carbocycles. The van der Waals surface area contributed by atoms with E-state index in [4.69, 9.17) is 0 Å². The van der Waals surface area contributed by atoms with Gasteiger partial charge >= 0.3 is 0 Å². The Morgan fingerprint density at radius 2 is 1.95 bits per heavy atom. The molecule has 2 rings (SSSR count). The van der Waals surface area contributed by atoms with E-state index in [0.717, 1.165) is 38.3 Å². The fourth-order valence-electron chi connectivity index (χ4n) is 3.88. The SMILES string of the molecule is CCN(CC)C1(C(O)Cc2nccn2CC)CCCC1. The van der Waals surface area contributed by atoms with Gasteiger partial charge in [0.2, 0.25) is 0 Å². The molecule has 0 aliphatic heterocycles. The molecule has 0 bridgehead atoms. The molecule has 1 aromatic heterocycles. The third-order valence-corrected chi connectivity index (χ3v) is 5.00. The van der Waals surface area contributed by atoms with Crippen LogP contribution in [0.2, 0.25) is 0 Å². The van der Waals surface area contributed by atoms with Crippen LogP contribution >= 0.6 is 0 Å². The average Bonchev–Trinajstić information content (AvgIpc) is 3.09. The van der Waals surface area contributed by atoms with Crippen LogP contribution in [-0.4, -0.2) is 44.3 Å². The van der Waals surface area contributed by atoms with Crippen molar-refractivity contribution >= 4 is 0 Å². The van der Waals surface area contributed by atoms with Crippen LogP contribution in [0.3, 0.4) is 0 Å². The summed E-state index contributed by atoms with van der Waals surface area (Å²) in [4.78, 5) is 6.89. The smallest absolute Gasteiger partial charge is 0.111 e. The van der Waals surface area contributed by atoms with E-state index < -0.39 is 0 Å². The second-order valence-electron chi connectivity index (χ2n) is 5.83. The first-order valence-corrected chi connectivity index (χ1v) is 8.11. The third kappa shape index (κ3) is 2.77. The van der Waals surface area contributed by atoms with Gasteiger partial charge in [0.15, 0.2) is 0 Å². The molecule has 1 aliphatic carbocycles. The Labute approximate surface area is 122 Å². The highest BCUT2D eigenvalue weighted by Gasteiger charge is 2.44. The molecule has 4 nitrogen and oxygen atoms in total. The van der Waals surface area contributed by atoms with Crippen LogP contribution in [0, 0.1) is 0 Å². The van der Waals surface area contributed by atoms with Gasteiger partial charge < -0.3 is 9.67 Å². The first-order chi connectivity index (χ1) is 9.67. The summed E-state index contributed by atoms with van der Waals surface area (Å²) in [6.45, 7) is 9.45. The van der Waals surface area contributed by atoms with E-state index >= 15 is 0 Å². The topological polar surface area (TPSA) is 41.3 Å². The van der Waals surface area contributed by atoms with Crippen molar-refractivity contribution in [2.45, 2.75) is 71.1 Å². The number of likely N-dealkylation sites (N-methyl/N-ethyl adjacent to an activating group) is 1. The van der Waals surface area contributed by atoms with Crippen molar-refractivity contribution in [1.29, 1.82) is 0 Å². The van der Waals surface area contributed by atoms with Crippen LogP contribution in [0.5, 0.6) is 0 Å². The van der Waals surface area contributed by atoms with Gasteiger partial charge in [-0.25, -0.2) is 4.98 Å². The summed E-state index contributed by atoms with van der Waals surface area (Å²) in [6.07, 6.45) is 8.87. The molecule has 1 aliphatic rings. The van der Waals surface area contributed by atoms with E-state index in [9.17, 15) is 5.11 Å². The summed E-state index contributed by atoms with van der Waals surface area (Å²) in [6, 6.07) is 0. The molecule has 0 saturated heterocycles. The van der Waals surface area contributed by atoms with Gasteiger partial charge in [0.25, 0.3) is 0 Å². The molecule has 20 heavy (non-hydrogen) atoms. The summed E-state index contributed by atoms with van der Waals surface area (Å²) in [5.41, 5.74) is -0.0337. The second-order valence-corrected chi connectivity index (χ2v) is 5.83. The fraction of sp³-hybridized carbons (Fsp3) is 0.812. The highest BCUT2D eigenvalue weighted by atomic mass is 16.3. The molecule has 0 amide bonds. The summed E-state index contributed by atoms with van der Waals surface area (Å²) in [7, 11) is 0. The fourth-order valence-corrected chi connectivity index (χ4v) is 3.88. The van der Waals surface area contributed by atoms with Crippen molar-refractivity contribution in [1.82, 2.24) is 14.5 Å². The van der Waals surface area contributed by atoms with Crippen molar-refractivity contribution in [2.75, 3.05) is 13.1 Å². The molecule has 1 saturated carbocycles. The van der Waals surface area contributed by atoms with Crippen molar-refractivity contribution in [3.8, 4) is 0 Å². The van der Waals surface area contributed by atoms with Gasteiger partial charge in [-0.05, 0) is 32.9 Å². The molecule has 1 N–H and O–H groups in total. The molecule has 1 heterocycles. The van der Waals surface area contributed by atoms with Gasteiger partial charge in [-0.15, -0.1) is 0 Å². The predicted octanol–water partition coefficient (Wildman–Crippen LogP) is 2.46. The Bertz CT molecular complexity index is 406. The Morgan fingerprint density at radius 3 is 2.50 bits per heavy atom. The zero-order chi connectivity index (χ0) is 14.6. The Balaban J connectivity index is 2.17. The lowest BCUT2D eigenvalue weighted by molar-refractivity contribution is -0.0257. The van der Waals surface area contributed by atoms with Gasteiger partial charge in [-0.1, -0.05) is 26.7 Å². The maximum Gasteiger partial charge on any atom is 0.111 e. The molecule has 1 aromatic rings. The van der Waals surface area contributed by atoms with Crippen LogP contribution in [0.4, 0.5) is 0 Å². The number of hydrogen-bond donors (Lipinski definition) is 1. The number of rotatable bonds is 7. The number of aliphatic hydroxyl groups excluding tert-OH is 1. The summed E-state index contributed by atoms with van der Waals surface area (Å²) < 4.78 is 2.13. The average molecular weight is 279 g/mol. The number of aromatic nitrogens is 2. The number of aliphatic hydroxyl groups is 1. The normalized spacial score (nSPS) is 19.6. The Kier molecular flexibility index (Phi) is 5.22. The molecule has 0 radical (unpaired) electrons. The predicted molar refractivity (Wildman–Crippen MR) is 81.7 cm³/mol. The molecule has 1 unspecified atom stereocenters. The van der Waals surface area contributed by atoms with Crippen molar-refractivity contribution in [3.63, 3.8) is 0 Å². The minimum absolute atomic E-state index is 0.0337. The monoisotopic (exact) mass is 279 g/mol. The van der Waals surface area contributed by atoms with Gasteiger partial charge in [0.05, 0.1) is 6.10 Å². The largest absolute Gasteiger partial charge is 0.391 e. The minimum atomic E-state index is -0.322. The number of aryl methyl sites for hydroxylation is 1. The summed E-state index contributed by atoms with van der Waals surface area (Å²) >= 11 is 0. The molecule has 1 fully saturated rings. The van der Waals surface area contributed by atoms with Crippen LogP contribution in [-0.2, 0) is 13.0 Å². The van der Waals surface area contributed by atoms with Crippen molar-refractivity contribution in [2.24, 2.45) is 0 Å². The van der Waals surface area contributed by atoms with E-state index in [1.54, 1.807) is 0 Å². The second kappa shape index (κ2) is 6.72. The van der Waals surface area contributed by atoms with E-state index in [1.165, 1.54) is 12.8 Å². The Hall–Kier alpha value is -0.870. The lowest BCUT2D eigenvalue weighted by Gasteiger charge is -2.44. The third-order valence-electron chi connectivity index (χ3n) is 5.00. The van der Waals surface area contributed by atoms with E-state index in [2.05, 4.69) is 35.2 Å². The molecular weight excluding hydrogens is 250 g/mol. The van der Waals surface area contributed by atoms with Gasteiger partial charge in [-0.2, -0.15) is 0 Å². The zero-order valence-electron chi connectivity index (χ0n) is 13.2. The van der Waals surface area contributed by atoms with Crippen LogP contribution in [0.15, 0.2) is 12.4 Å². The molecule has 4 heteroatoms. The number of imidazole rings is 1. The first kappa shape index (κ1) is 15.5. The maximum absolute atomic E-state index is 10.9. The Morgan fingerprint density at radius 1 is 1.30 bits per heavy atom. The lowest BCUT2D eigenvalue weighted by Crippen LogP contribution is -2.55. The van der Waals surface area contributed by atoms with Gasteiger partial charge in [-0.3, -0.25) is 4.90 Å². The van der Waals surface area contributed by atoms with Crippen molar-refractivity contribution in [3.05, 3.63) is 18.2 Å². The highest BCUT2D eigenvalue weighted by molar-refractivity contribution is 5.05. The van der Waals surface area contributed by atoms with Gasteiger partial charge in [0.1, 0.15) is 5.82 Å². The number of hydrogen-bond acceptors (Lipinski definition) is 3. The molecule has 0 spiro atoms. The zero-order valence-corrected chi connectivity index (χ0v) is 13.2. The van der Waals surface area contributed by atoms with E-state index in [0.29, 0.717) is 6.42 Å². The first-order valence-electron chi connectivity index (χ1n) is 8.11. The quantitative estimate of drug-likeness (QED) is 0.833. The maximum atomic E-state index is 10.9. The van der Waals surface area contributed by atoms with Gasteiger partial charge in [0, 0.05) is 30.9 Å². The minimum Gasteiger partial charge on any atom is -0.391 e. The standard InChI is InChI=1S/C16H29N3O/c1-4-18-12-11-17-15(18)13-14(20)16(9-7-8-10-16)19(5-2)6-3/h11-12,14,20H,4-10,13H2,1-3H3. The van der Waals surface area contributed by atoms with Crippen LogP contribution < -0.4 is 0 Å². The van der Waals surface area contributed by atoms with Crippen LogP contribution in [0.25, 0.3) is 0 Å². The van der Waals surface area contributed by atoms with E-state index in [-0.39, 0.29) is 11.6 Å². The lowest BCUT2D eigenvalue weighted by atomic mass is 9.86. The number of nitrogens with zero attached hydrogens (tertiary/aromatic N) is 3. The molecule has 114 valence electrons.